The molecule has 6 nitrogen and oxygen atoms in total. The van der Waals surface area contributed by atoms with E-state index < -0.39 is 11.0 Å². The van der Waals surface area contributed by atoms with Gasteiger partial charge in [-0.15, -0.1) is 0 Å². The van der Waals surface area contributed by atoms with Crippen LogP contribution in [-0.4, -0.2) is 35.2 Å². The number of benzene rings is 2. The van der Waals surface area contributed by atoms with Crippen LogP contribution in [0, 0.1) is 17.0 Å². The highest BCUT2D eigenvalue weighted by molar-refractivity contribution is 5.71. The second-order valence-corrected chi connectivity index (χ2v) is 6.68. The molecule has 1 fully saturated rings. The normalized spacial score (nSPS) is 16.8. The zero-order valence-electron chi connectivity index (χ0n) is 14.8. The van der Waals surface area contributed by atoms with Crippen LogP contribution in [0.1, 0.15) is 30.0 Å². The van der Waals surface area contributed by atoms with E-state index in [2.05, 4.69) is 10.2 Å². The van der Waals surface area contributed by atoms with Crippen molar-refractivity contribution in [2.45, 2.75) is 31.8 Å². The molecular formula is C20H23N3O3. The smallest absolute Gasteiger partial charge is 0.292 e. The fourth-order valence-corrected chi connectivity index (χ4v) is 3.55. The molecule has 0 aliphatic carbocycles. The van der Waals surface area contributed by atoms with Crippen molar-refractivity contribution in [3.05, 3.63) is 69.8 Å². The summed E-state index contributed by atoms with van der Waals surface area (Å²) in [6.07, 6.45) is 3.05. The van der Waals surface area contributed by atoms with E-state index in [1.807, 2.05) is 31.2 Å². The van der Waals surface area contributed by atoms with Gasteiger partial charge in [0.05, 0.1) is 11.0 Å². The molecule has 26 heavy (non-hydrogen) atoms. The Morgan fingerprint density at radius 2 is 1.77 bits per heavy atom. The highest BCUT2D eigenvalue weighted by Crippen LogP contribution is 2.32. The summed E-state index contributed by atoms with van der Waals surface area (Å²) in [5, 5.41) is 14.4. The van der Waals surface area contributed by atoms with Crippen LogP contribution >= 0.6 is 0 Å². The van der Waals surface area contributed by atoms with E-state index in [4.69, 9.17) is 0 Å². The summed E-state index contributed by atoms with van der Waals surface area (Å²) >= 11 is 0. The third-order valence-electron chi connectivity index (χ3n) is 4.86. The van der Waals surface area contributed by atoms with Crippen LogP contribution in [0.4, 0.5) is 11.4 Å². The van der Waals surface area contributed by atoms with E-state index in [0.29, 0.717) is 5.69 Å². The fraction of sp³-hybridized carbons (Fsp3) is 0.350. The van der Waals surface area contributed by atoms with Crippen LogP contribution in [0.5, 0.6) is 0 Å². The average Bonchev–Trinajstić information content (AvgIpc) is 3.17. The van der Waals surface area contributed by atoms with Crippen molar-refractivity contribution in [2.24, 2.45) is 0 Å². The number of hydrogen-bond donors (Lipinski definition) is 1. The van der Waals surface area contributed by atoms with Crippen molar-refractivity contribution >= 4 is 17.7 Å². The van der Waals surface area contributed by atoms with E-state index >= 15 is 0 Å². The third kappa shape index (κ3) is 3.91. The van der Waals surface area contributed by atoms with E-state index in [9.17, 15) is 14.9 Å². The number of anilines is 1. The van der Waals surface area contributed by atoms with Crippen LogP contribution in [0.2, 0.25) is 0 Å². The molecule has 0 spiro atoms. The predicted molar refractivity (Wildman–Crippen MR) is 101 cm³/mol. The Balaban J connectivity index is 1.94. The van der Waals surface area contributed by atoms with Crippen molar-refractivity contribution in [3.63, 3.8) is 0 Å². The highest BCUT2D eigenvalue weighted by Gasteiger charge is 2.31. The third-order valence-corrected chi connectivity index (χ3v) is 4.86. The fourth-order valence-electron chi connectivity index (χ4n) is 3.55. The van der Waals surface area contributed by atoms with Gasteiger partial charge in [-0.2, -0.15) is 0 Å². The number of aldehydes is 1. The average molecular weight is 353 g/mol. The summed E-state index contributed by atoms with van der Waals surface area (Å²) in [5.74, 6) is 0. The number of nitro groups is 1. The maximum atomic E-state index is 12.0. The number of aryl methyl sites for hydroxylation is 1. The first-order chi connectivity index (χ1) is 12.6. The minimum atomic E-state index is -0.572. The van der Waals surface area contributed by atoms with E-state index in [-0.39, 0.29) is 11.7 Å². The molecule has 2 atom stereocenters. The largest absolute Gasteiger partial charge is 0.368 e. The molecule has 3 rings (SSSR count). The van der Waals surface area contributed by atoms with Crippen molar-refractivity contribution in [1.82, 2.24) is 4.90 Å². The Kier molecular flexibility index (Phi) is 5.63. The van der Waals surface area contributed by atoms with Crippen molar-refractivity contribution in [1.29, 1.82) is 0 Å². The topological polar surface area (TPSA) is 75.5 Å². The summed E-state index contributed by atoms with van der Waals surface area (Å²) in [6.45, 7) is 3.86. The lowest BCUT2D eigenvalue weighted by Gasteiger charge is -2.33. The van der Waals surface area contributed by atoms with Crippen LogP contribution in [0.15, 0.2) is 48.5 Å². The first-order valence-electron chi connectivity index (χ1n) is 8.86. The van der Waals surface area contributed by atoms with Crippen LogP contribution < -0.4 is 5.32 Å². The molecule has 0 amide bonds. The molecule has 136 valence electrons. The van der Waals surface area contributed by atoms with Gasteiger partial charge in [0, 0.05) is 6.07 Å². The Morgan fingerprint density at radius 1 is 1.12 bits per heavy atom. The monoisotopic (exact) mass is 353 g/mol. The van der Waals surface area contributed by atoms with E-state index in [1.54, 1.807) is 18.2 Å². The number of likely N-dealkylation sites (tertiary alicyclic amines) is 1. The van der Waals surface area contributed by atoms with Gasteiger partial charge in [0.2, 0.25) is 0 Å². The summed E-state index contributed by atoms with van der Waals surface area (Å²) in [4.78, 5) is 25.1. The van der Waals surface area contributed by atoms with Gasteiger partial charge in [0.15, 0.2) is 0 Å². The molecule has 1 N–H and O–H groups in total. The Morgan fingerprint density at radius 3 is 2.38 bits per heavy atom. The molecule has 1 aliphatic rings. The van der Waals surface area contributed by atoms with Gasteiger partial charge in [0.25, 0.3) is 5.69 Å². The van der Waals surface area contributed by atoms with Gasteiger partial charge < -0.3 is 10.1 Å². The lowest BCUT2D eigenvalue weighted by Crippen LogP contribution is -2.40. The van der Waals surface area contributed by atoms with Crippen LogP contribution in [0.25, 0.3) is 0 Å². The number of nitrogens with one attached hydrogen (secondary N) is 1. The van der Waals surface area contributed by atoms with Crippen LogP contribution in [-0.2, 0) is 4.79 Å². The molecule has 0 bridgehead atoms. The molecule has 1 heterocycles. The Bertz CT molecular complexity index is 770. The van der Waals surface area contributed by atoms with Gasteiger partial charge in [0.1, 0.15) is 18.0 Å². The van der Waals surface area contributed by atoms with Crippen molar-refractivity contribution in [3.8, 4) is 0 Å². The standard InChI is InChI=1S/C20H23N3O3/c1-15-8-10-16(11-9-15)20(22-12-4-5-13-22)18(14-24)21-17-6-2-3-7-19(17)23(25)26/h2-3,6-11,14,18,20-21H,4-5,12-13H2,1H3. The zero-order chi connectivity index (χ0) is 18.5. The molecule has 2 unspecified atom stereocenters. The molecule has 0 aromatic heterocycles. The number of carbonyl (C=O) groups is 1. The second-order valence-electron chi connectivity index (χ2n) is 6.68. The minimum absolute atomic E-state index is 0.0246. The quantitative estimate of drug-likeness (QED) is 0.466. The van der Waals surface area contributed by atoms with Gasteiger partial charge in [-0.05, 0) is 44.5 Å². The van der Waals surface area contributed by atoms with Gasteiger partial charge in [-0.25, -0.2) is 0 Å². The van der Waals surface area contributed by atoms with Gasteiger partial charge in [-0.1, -0.05) is 42.0 Å². The summed E-state index contributed by atoms with van der Waals surface area (Å²) in [5.41, 5.74) is 2.54. The molecule has 0 radical (unpaired) electrons. The van der Waals surface area contributed by atoms with Crippen molar-refractivity contribution in [2.75, 3.05) is 18.4 Å². The summed E-state index contributed by atoms with van der Waals surface area (Å²) in [6, 6.07) is 13.9. The van der Waals surface area contributed by atoms with Crippen molar-refractivity contribution < 1.29 is 9.72 Å². The molecule has 2 aromatic carbocycles. The number of nitro benzene ring substituents is 1. The Hall–Kier alpha value is -2.73. The van der Waals surface area contributed by atoms with E-state index in [0.717, 1.165) is 43.3 Å². The highest BCUT2D eigenvalue weighted by atomic mass is 16.6. The maximum Gasteiger partial charge on any atom is 0.292 e. The molecule has 1 saturated heterocycles. The number of hydrogen-bond acceptors (Lipinski definition) is 5. The molecular weight excluding hydrogens is 330 g/mol. The lowest BCUT2D eigenvalue weighted by molar-refractivity contribution is -0.384. The first-order valence-corrected chi connectivity index (χ1v) is 8.86. The van der Waals surface area contributed by atoms with Gasteiger partial charge in [-0.3, -0.25) is 15.0 Å². The van der Waals surface area contributed by atoms with Crippen LogP contribution in [0.3, 0.4) is 0 Å². The lowest BCUT2D eigenvalue weighted by atomic mass is 9.97. The first kappa shape index (κ1) is 18.1. The summed E-state index contributed by atoms with van der Waals surface area (Å²) < 4.78 is 0. The number of nitrogens with zero attached hydrogens (tertiary/aromatic N) is 2. The summed E-state index contributed by atoms with van der Waals surface area (Å²) in [7, 11) is 0. The molecule has 1 aliphatic heterocycles. The minimum Gasteiger partial charge on any atom is -0.368 e. The maximum absolute atomic E-state index is 12.0. The predicted octanol–water partition coefficient (Wildman–Crippen LogP) is 3.72. The Labute approximate surface area is 153 Å². The molecule has 2 aromatic rings. The number of carbonyl (C=O) groups excluding carboxylic acids is 1. The number of para-hydroxylation sites is 2. The molecule has 0 saturated carbocycles. The van der Waals surface area contributed by atoms with E-state index in [1.165, 1.54) is 6.07 Å². The molecule has 6 heteroatoms. The van der Waals surface area contributed by atoms with Gasteiger partial charge >= 0.3 is 0 Å². The number of rotatable bonds is 7. The zero-order valence-corrected chi connectivity index (χ0v) is 14.8. The second kappa shape index (κ2) is 8.10. The SMILES string of the molecule is Cc1ccc(C(C(C=O)Nc2ccccc2[N+](=O)[O-])N2CCCC2)cc1.